The Morgan fingerprint density at radius 3 is 2.51 bits per heavy atom. The van der Waals surface area contributed by atoms with Crippen molar-refractivity contribution in [1.82, 2.24) is 20.6 Å². The van der Waals surface area contributed by atoms with Crippen LogP contribution in [0, 0.1) is 5.92 Å². The molecule has 0 spiro atoms. The molecule has 3 N–H and O–H groups in total. The molecule has 12 heteroatoms. The number of benzene rings is 1. The highest BCUT2D eigenvalue weighted by Gasteiger charge is 2.30. The van der Waals surface area contributed by atoms with Gasteiger partial charge in [0.25, 0.3) is 5.91 Å². The lowest BCUT2D eigenvalue weighted by Crippen LogP contribution is -2.31. The maximum absolute atomic E-state index is 13.3. The Hall–Kier alpha value is -3.05. The standard InChI is InChI=1S/C23H26ClN5O5S/c1-35(33,34)19-7-6-14(9-17(19)24)16(8-13-4-2-3-5-13)21(30)28-20-12-25-15(11-26-20)10-18-22(31)29-23(32)27-18/h6-7,9,11-13,16,18H,2-5,8,10H2,1H3,(H,26,28,30)(H2,27,29,31,32). The van der Waals surface area contributed by atoms with E-state index in [9.17, 15) is 22.8 Å². The molecule has 2 heterocycles. The number of aromatic nitrogens is 2. The first-order chi connectivity index (χ1) is 16.6. The molecular formula is C23H26ClN5O5S. The molecule has 2 aliphatic rings. The van der Waals surface area contributed by atoms with E-state index < -0.39 is 33.7 Å². The van der Waals surface area contributed by atoms with Gasteiger partial charge in [0.15, 0.2) is 15.7 Å². The number of hydrogen-bond acceptors (Lipinski definition) is 7. The number of carbonyl (C=O) groups is 3. The minimum Gasteiger partial charge on any atom is -0.326 e. The highest BCUT2D eigenvalue weighted by atomic mass is 35.5. The van der Waals surface area contributed by atoms with E-state index in [2.05, 4.69) is 25.9 Å². The van der Waals surface area contributed by atoms with E-state index in [4.69, 9.17) is 11.6 Å². The SMILES string of the molecule is CS(=O)(=O)c1ccc(C(CC2CCCC2)C(=O)Nc2cnc(CC3NC(=O)NC3=O)cn2)cc1Cl. The average Bonchev–Trinajstić information content (AvgIpc) is 3.41. The van der Waals surface area contributed by atoms with Crippen molar-refractivity contribution in [2.75, 3.05) is 11.6 Å². The van der Waals surface area contributed by atoms with E-state index in [1.807, 2.05) is 0 Å². The van der Waals surface area contributed by atoms with E-state index in [1.165, 1.54) is 18.5 Å². The quantitative estimate of drug-likeness (QED) is 0.454. The summed E-state index contributed by atoms with van der Waals surface area (Å²) in [5, 5.41) is 7.54. The third kappa shape index (κ3) is 6.15. The summed E-state index contributed by atoms with van der Waals surface area (Å²) in [4.78, 5) is 44.8. The minimum absolute atomic E-state index is 0.0246. The Balaban J connectivity index is 1.50. The maximum atomic E-state index is 13.3. The number of anilines is 1. The van der Waals surface area contributed by atoms with Crippen LogP contribution < -0.4 is 16.0 Å². The van der Waals surface area contributed by atoms with Gasteiger partial charge in [0, 0.05) is 12.7 Å². The van der Waals surface area contributed by atoms with Crippen LogP contribution in [0.3, 0.4) is 0 Å². The molecule has 2 atom stereocenters. The number of imide groups is 1. The molecule has 1 aromatic heterocycles. The van der Waals surface area contributed by atoms with Gasteiger partial charge in [0.05, 0.1) is 33.9 Å². The van der Waals surface area contributed by atoms with Gasteiger partial charge < -0.3 is 10.6 Å². The number of amides is 4. The fourth-order valence-corrected chi connectivity index (χ4v) is 5.90. The lowest BCUT2D eigenvalue weighted by atomic mass is 9.87. The van der Waals surface area contributed by atoms with Crippen LogP contribution in [0.2, 0.25) is 5.02 Å². The number of rotatable bonds is 8. The monoisotopic (exact) mass is 519 g/mol. The topological polar surface area (TPSA) is 147 Å². The van der Waals surface area contributed by atoms with Gasteiger partial charge in [-0.25, -0.2) is 18.2 Å². The molecule has 2 fully saturated rings. The van der Waals surface area contributed by atoms with Gasteiger partial charge in [-0.1, -0.05) is 43.4 Å². The van der Waals surface area contributed by atoms with E-state index in [-0.39, 0.29) is 28.1 Å². The zero-order chi connectivity index (χ0) is 25.2. The average molecular weight is 520 g/mol. The maximum Gasteiger partial charge on any atom is 0.322 e. The van der Waals surface area contributed by atoms with Crippen molar-refractivity contribution in [3.63, 3.8) is 0 Å². The molecule has 35 heavy (non-hydrogen) atoms. The molecule has 2 aromatic rings. The van der Waals surface area contributed by atoms with Crippen molar-refractivity contribution in [2.45, 2.75) is 55.4 Å². The van der Waals surface area contributed by atoms with Crippen LogP contribution in [0.4, 0.5) is 10.6 Å². The Morgan fingerprint density at radius 1 is 1.20 bits per heavy atom. The highest BCUT2D eigenvalue weighted by molar-refractivity contribution is 7.90. The predicted molar refractivity (Wildman–Crippen MR) is 129 cm³/mol. The van der Waals surface area contributed by atoms with Crippen molar-refractivity contribution in [3.8, 4) is 0 Å². The molecule has 1 aliphatic heterocycles. The third-order valence-corrected chi connectivity index (χ3v) is 7.93. The van der Waals surface area contributed by atoms with Gasteiger partial charge in [-0.3, -0.25) is 19.9 Å². The number of hydrogen-bond donors (Lipinski definition) is 3. The summed E-state index contributed by atoms with van der Waals surface area (Å²) < 4.78 is 23.9. The summed E-state index contributed by atoms with van der Waals surface area (Å²) in [6.45, 7) is 0. The van der Waals surface area contributed by atoms with Gasteiger partial charge in [-0.15, -0.1) is 0 Å². The molecule has 1 saturated carbocycles. The second-order valence-electron chi connectivity index (χ2n) is 9.00. The summed E-state index contributed by atoms with van der Waals surface area (Å²) in [5.74, 6) is -0.619. The molecule has 10 nitrogen and oxygen atoms in total. The summed E-state index contributed by atoms with van der Waals surface area (Å²) in [5.41, 5.74) is 1.12. The molecule has 186 valence electrons. The Morgan fingerprint density at radius 2 is 1.94 bits per heavy atom. The summed E-state index contributed by atoms with van der Waals surface area (Å²) in [6, 6.07) is 3.36. The van der Waals surface area contributed by atoms with Crippen LogP contribution in [0.15, 0.2) is 35.5 Å². The summed E-state index contributed by atoms with van der Waals surface area (Å²) in [6.07, 6.45) is 9.05. The van der Waals surface area contributed by atoms with Gasteiger partial charge in [-0.2, -0.15) is 0 Å². The largest absolute Gasteiger partial charge is 0.326 e. The van der Waals surface area contributed by atoms with E-state index in [0.717, 1.165) is 31.9 Å². The predicted octanol–water partition coefficient (Wildman–Crippen LogP) is 2.59. The third-order valence-electron chi connectivity index (χ3n) is 6.35. The van der Waals surface area contributed by atoms with Gasteiger partial charge in [0.2, 0.25) is 5.91 Å². The normalized spacial score (nSPS) is 19.3. The number of nitrogens with one attached hydrogen (secondary N) is 3. The number of halogens is 1. The summed E-state index contributed by atoms with van der Waals surface area (Å²) >= 11 is 6.26. The molecule has 4 rings (SSSR count). The second-order valence-corrected chi connectivity index (χ2v) is 11.4. The van der Waals surface area contributed by atoms with Crippen molar-refractivity contribution in [3.05, 3.63) is 46.9 Å². The molecule has 0 bridgehead atoms. The van der Waals surface area contributed by atoms with Crippen LogP contribution in [0.25, 0.3) is 0 Å². The van der Waals surface area contributed by atoms with E-state index in [0.29, 0.717) is 23.6 Å². The smallest absolute Gasteiger partial charge is 0.322 e. The van der Waals surface area contributed by atoms with Crippen LogP contribution in [0.5, 0.6) is 0 Å². The molecule has 0 radical (unpaired) electrons. The first-order valence-electron chi connectivity index (χ1n) is 11.3. The van der Waals surface area contributed by atoms with E-state index >= 15 is 0 Å². The van der Waals surface area contributed by atoms with Gasteiger partial charge >= 0.3 is 6.03 Å². The molecule has 1 aliphatic carbocycles. The lowest BCUT2D eigenvalue weighted by Gasteiger charge is -2.21. The Bertz CT molecular complexity index is 1250. The number of nitrogens with zero attached hydrogens (tertiary/aromatic N) is 2. The molecule has 1 aromatic carbocycles. The lowest BCUT2D eigenvalue weighted by molar-refractivity contribution is -0.120. The number of sulfone groups is 1. The fraction of sp³-hybridized carbons (Fsp3) is 0.435. The Labute approximate surface area is 208 Å². The minimum atomic E-state index is -3.49. The molecular weight excluding hydrogens is 494 g/mol. The van der Waals surface area contributed by atoms with Crippen LogP contribution in [-0.4, -0.2) is 48.5 Å². The second kappa shape index (κ2) is 10.3. The zero-order valence-corrected chi connectivity index (χ0v) is 20.7. The molecule has 4 amide bonds. The molecule has 2 unspecified atom stereocenters. The van der Waals surface area contributed by atoms with Gasteiger partial charge in [-0.05, 0) is 30.0 Å². The van der Waals surface area contributed by atoms with Crippen LogP contribution in [0.1, 0.15) is 49.3 Å². The van der Waals surface area contributed by atoms with Crippen molar-refractivity contribution >= 4 is 45.1 Å². The first kappa shape index (κ1) is 25.1. The van der Waals surface area contributed by atoms with Crippen LogP contribution >= 0.6 is 11.6 Å². The van der Waals surface area contributed by atoms with Crippen LogP contribution in [-0.2, 0) is 25.8 Å². The molecule has 1 saturated heterocycles. The Kier molecular flexibility index (Phi) is 7.36. The summed E-state index contributed by atoms with van der Waals surface area (Å²) in [7, 11) is -3.49. The van der Waals surface area contributed by atoms with Crippen molar-refractivity contribution in [2.24, 2.45) is 5.92 Å². The van der Waals surface area contributed by atoms with Crippen molar-refractivity contribution < 1.29 is 22.8 Å². The number of carbonyl (C=O) groups excluding carboxylic acids is 3. The van der Waals surface area contributed by atoms with Crippen molar-refractivity contribution in [1.29, 1.82) is 0 Å². The zero-order valence-electron chi connectivity index (χ0n) is 19.1. The van der Waals surface area contributed by atoms with E-state index in [1.54, 1.807) is 12.1 Å². The fourth-order valence-electron chi connectivity index (χ4n) is 4.56. The first-order valence-corrected chi connectivity index (χ1v) is 13.6. The highest BCUT2D eigenvalue weighted by Crippen LogP contribution is 2.36. The number of urea groups is 1. The van der Waals surface area contributed by atoms with Gasteiger partial charge in [0.1, 0.15) is 6.04 Å².